The van der Waals surface area contributed by atoms with Crippen LogP contribution in [0.4, 0.5) is 5.69 Å². The van der Waals surface area contributed by atoms with Gasteiger partial charge in [0, 0.05) is 35.5 Å². The zero-order valence-electron chi connectivity index (χ0n) is 11.8. The van der Waals surface area contributed by atoms with Crippen molar-refractivity contribution in [3.8, 4) is 0 Å². The molecule has 4 rings (SSSR count). The van der Waals surface area contributed by atoms with Gasteiger partial charge in [0.25, 0.3) is 0 Å². The average molecular weight is 294 g/mol. The first kappa shape index (κ1) is 12.9. The molecule has 5 nitrogen and oxygen atoms in total. The molecule has 2 heterocycles. The van der Waals surface area contributed by atoms with Gasteiger partial charge in [-0.15, -0.1) is 0 Å². The van der Waals surface area contributed by atoms with Gasteiger partial charge in [-0.2, -0.15) is 0 Å². The zero-order valence-corrected chi connectivity index (χ0v) is 11.8. The molecule has 3 aromatic rings. The average Bonchev–Trinajstić information content (AvgIpc) is 3.07. The van der Waals surface area contributed by atoms with Crippen LogP contribution in [-0.2, 0) is 9.59 Å². The first-order valence-electron chi connectivity index (χ1n) is 7.14. The quantitative estimate of drug-likeness (QED) is 0.788. The van der Waals surface area contributed by atoms with E-state index in [1.807, 2.05) is 42.5 Å². The minimum Gasteiger partial charge on any atom is -0.456 e. The Hall–Kier alpha value is -2.82. The van der Waals surface area contributed by atoms with E-state index in [2.05, 4.69) is 0 Å². The third kappa shape index (κ3) is 1.86. The van der Waals surface area contributed by atoms with Crippen LogP contribution in [0.5, 0.6) is 0 Å². The molecule has 1 saturated heterocycles. The second kappa shape index (κ2) is 4.59. The molecule has 1 aromatic heterocycles. The van der Waals surface area contributed by atoms with Gasteiger partial charge < -0.3 is 15.1 Å². The summed E-state index contributed by atoms with van der Waals surface area (Å²) < 4.78 is 5.83. The lowest BCUT2D eigenvalue weighted by Crippen LogP contribution is -2.28. The topological polar surface area (TPSA) is 76.5 Å². The highest BCUT2D eigenvalue weighted by atomic mass is 16.3. The number of rotatable bonds is 2. The van der Waals surface area contributed by atoms with E-state index in [0.717, 1.165) is 27.6 Å². The molecule has 0 saturated carbocycles. The van der Waals surface area contributed by atoms with E-state index < -0.39 is 11.8 Å². The van der Waals surface area contributed by atoms with Crippen molar-refractivity contribution >= 4 is 39.4 Å². The molecule has 0 radical (unpaired) electrons. The molecule has 1 atom stereocenters. The Morgan fingerprint density at radius 2 is 1.91 bits per heavy atom. The SMILES string of the molecule is NC(=O)[C@H]1CC(=O)N(c2ccc3c(c2)oc2ccccc23)C1. The van der Waals surface area contributed by atoms with Gasteiger partial charge in [-0.25, -0.2) is 0 Å². The van der Waals surface area contributed by atoms with Crippen molar-refractivity contribution in [3.63, 3.8) is 0 Å². The first-order valence-corrected chi connectivity index (χ1v) is 7.14. The van der Waals surface area contributed by atoms with Gasteiger partial charge >= 0.3 is 0 Å². The molecule has 2 aromatic carbocycles. The van der Waals surface area contributed by atoms with Crippen molar-refractivity contribution in [1.82, 2.24) is 0 Å². The fraction of sp³-hybridized carbons (Fsp3) is 0.176. The fourth-order valence-corrected chi connectivity index (χ4v) is 3.03. The van der Waals surface area contributed by atoms with Crippen molar-refractivity contribution in [3.05, 3.63) is 42.5 Å². The third-order valence-electron chi connectivity index (χ3n) is 4.20. The van der Waals surface area contributed by atoms with Crippen LogP contribution in [0.15, 0.2) is 46.9 Å². The smallest absolute Gasteiger partial charge is 0.227 e. The minimum atomic E-state index is -0.430. The van der Waals surface area contributed by atoms with Crippen molar-refractivity contribution < 1.29 is 14.0 Å². The molecule has 5 heteroatoms. The number of benzene rings is 2. The van der Waals surface area contributed by atoms with Crippen molar-refractivity contribution in [2.75, 3.05) is 11.4 Å². The van der Waals surface area contributed by atoms with Gasteiger partial charge in [-0.3, -0.25) is 9.59 Å². The molecule has 1 aliphatic rings. The molecular formula is C17H14N2O3. The monoisotopic (exact) mass is 294 g/mol. The zero-order chi connectivity index (χ0) is 15.3. The lowest BCUT2D eigenvalue weighted by molar-refractivity contribution is -0.123. The number of anilines is 1. The molecule has 2 amide bonds. The van der Waals surface area contributed by atoms with Gasteiger partial charge in [0.05, 0.1) is 5.92 Å². The van der Waals surface area contributed by atoms with E-state index in [9.17, 15) is 9.59 Å². The maximum absolute atomic E-state index is 12.1. The van der Waals surface area contributed by atoms with Crippen LogP contribution in [0.1, 0.15) is 6.42 Å². The molecule has 2 N–H and O–H groups in total. The van der Waals surface area contributed by atoms with Crippen LogP contribution in [0.3, 0.4) is 0 Å². The van der Waals surface area contributed by atoms with Gasteiger partial charge in [-0.05, 0) is 18.2 Å². The minimum absolute atomic E-state index is 0.0840. The molecule has 0 aliphatic carbocycles. The van der Waals surface area contributed by atoms with E-state index >= 15 is 0 Å². The molecule has 110 valence electrons. The number of primary amides is 1. The predicted octanol–water partition coefficient (Wildman–Crippen LogP) is 2.42. The lowest BCUT2D eigenvalue weighted by Gasteiger charge is -2.16. The van der Waals surface area contributed by atoms with Gasteiger partial charge in [-0.1, -0.05) is 18.2 Å². The largest absolute Gasteiger partial charge is 0.456 e. The van der Waals surface area contributed by atoms with Crippen LogP contribution in [-0.4, -0.2) is 18.4 Å². The summed E-state index contributed by atoms with van der Waals surface area (Å²) >= 11 is 0. The molecule has 0 bridgehead atoms. The summed E-state index contributed by atoms with van der Waals surface area (Å²) in [6.45, 7) is 0.333. The Morgan fingerprint density at radius 3 is 2.68 bits per heavy atom. The van der Waals surface area contributed by atoms with Gasteiger partial charge in [0.15, 0.2) is 0 Å². The summed E-state index contributed by atoms with van der Waals surface area (Å²) in [5.41, 5.74) is 7.59. The normalized spacial score (nSPS) is 18.5. The number of nitrogens with zero attached hydrogens (tertiary/aromatic N) is 1. The van der Waals surface area contributed by atoms with E-state index in [4.69, 9.17) is 10.2 Å². The molecular weight excluding hydrogens is 280 g/mol. The van der Waals surface area contributed by atoms with Crippen LogP contribution >= 0.6 is 0 Å². The highest BCUT2D eigenvalue weighted by Crippen LogP contribution is 2.33. The van der Waals surface area contributed by atoms with E-state index in [0.29, 0.717) is 6.54 Å². The maximum Gasteiger partial charge on any atom is 0.227 e. The number of carbonyl (C=O) groups is 2. The number of fused-ring (bicyclic) bond motifs is 3. The number of carbonyl (C=O) groups excluding carboxylic acids is 2. The Bertz CT molecular complexity index is 913. The summed E-state index contributed by atoms with van der Waals surface area (Å²) in [5.74, 6) is -0.932. The van der Waals surface area contributed by atoms with Crippen LogP contribution in [0.2, 0.25) is 0 Å². The lowest BCUT2D eigenvalue weighted by atomic mass is 10.1. The van der Waals surface area contributed by atoms with Crippen LogP contribution in [0.25, 0.3) is 21.9 Å². The number of nitrogens with two attached hydrogens (primary N) is 1. The van der Waals surface area contributed by atoms with E-state index in [1.165, 1.54) is 0 Å². The summed E-state index contributed by atoms with van der Waals surface area (Å²) in [5, 5.41) is 2.06. The second-order valence-corrected chi connectivity index (χ2v) is 5.59. The first-order chi connectivity index (χ1) is 10.6. The Morgan fingerprint density at radius 1 is 1.14 bits per heavy atom. The standard InChI is InChI=1S/C17H14N2O3/c18-17(21)10-7-16(20)19(9-10)11-5-6-13-12-3-1-2-4-14(12)22-15(13)8-11/h1-6,8,10H,7,9H2,(H2,18,21)/t10-/m0/s1. The number of furan rings is 1. The fourth-order valence-electron chi connectivity index (χ4n) is 3.03. The van der Waals surface area contributed by atoms with Gasteiger partial charge in [0.1, 0.15) is 11.2 Å². The number of para-hydroxylation sites is 1. The molecule has 22 heavy (non-hydrogen) atoms. The summed E-state index contributed by atoms with van der Waals surface area (Å²) in [4.78, 5) is 25.0. The van der Waals surface area contributed by atoms with E-state index in [-0.39, 0.29) is 12.3 Å². The maximum atomic E-state index is 12.1. The third-order valence-corrected chi connectivity index (χ3v) is 4.20. The van der Waals surface area contributed by atoms with E-state index in [1.54, 1.807) is 4.90 Å². The Labute approximate surface area is 126 Å². The Balaban J connectivity index is 1.78. The summed E-state index contributed by atoms with van der Waals surface area (Å²) in [6.07, 6.45) is 0.174. The summed E-state index contributed by atoms with van der Waals surface area (Å²) in [6, 6.07) is 13.5. The molecule has 1 fully saturated rings. The van der Waals surface area contributed by atoms with Gasteiger partial charge in [0.2, 0.25) is 11.8 Å². The number of amides is 2. The van der Waals surface area contributed by atoms with Crippen molar-refractivity contribution in [2.45, 2.75) is 6.42 Å². The molecule has 0 unspecified atom stereocenters. The second-order valence-electron chi connectivity index (χ2n) is 5.59. The van der Waals surface area contributed by atoms with Crippen molar-refractivity contribution in [2.24, 2.45) is 11.7 Å². The predicted molar refractivity (Wildman–Crippen MR) is 83.4 cm³/mol. The highest BCUT2D eigenvalue weighted by Gasteiger charge is 2.34. The van der Waals surface area contributed by atoms with Crippen LogP contribution < -0.4 is 10.6 Å². The molecule has 0 spiro atoms. The number of hydrogen-bond acceptors (Lipinski definition) is 3. The highest BCUT2D eigenvalue weighted by molar-refractivity contribution is 6.07. The van der Waals surface area contributed by atoms with Crippen molar-refractivity contribution in [1.29, 1.82) is 0 Å². The molecule has 1 aliphatic heterocycles. The number of hydrogen-bond donors (Lipinski definition) is 1. The Kier molecular flexibility index (Phi) is 2.69. The summed E-state index contributed by atoms with van der Waals surface area (Å²) in [7, 11) is 0. The van der Waals surface area contributed by atoms with Crippen LogP contribution in [0, 0.1) is 5.92 Å².